The molecule has 0 radical (unpaired) electrons. The first-order valence-electron chi connectivity index (χ1n) is 7.09. The van der Waals surface area contributed by atoms with Crippen LogP contribution in [0.3, 0.4) is 0 Å². The van der Waals surface area contributed by atoms with Crippen molar-refractivity contribution in [3.05, 3.63) is 34.5 Å². The lowest BCUT2D eigenvalue weighted by Gasteiger charge is -2.09. The summed E-state index contributed by atoms with van der Waals surface area (Å²) < 4.78 is 9.55. The molecule has 6 N–H and O–H groups in total. The molecule has 0 bridgehead atoms. The predicted octanol–water partition coefficient (Wildman–Crippen LogP) is 1.96. The van der Waals surface area contributed by atoms with Gasteiger partial charge < -0.3 is 39.8 Å². The fraction of sp³-hybridized carbons (Fsp3) is 0.118. The number of fused-ring (bicyclic) bond motifs is 1. The number of benzene rings is 2. The van der Waals surface area contributed by atoms with Crippen LogP contribution in [0.5, 0.6) is 34.5 Å². The SMILES string of the molecule is COC.O=c1c(O)c(-c2ccc(O)c(O)c2)oc2cc(O)c(O)c(O)c12. The second-order valence-corrected chi connectivity index (χ2v) is 5.19. The predicted molar refractivity (Wildman–Crippen MR) is 90.8 cm³/mol. The lowest BCUT2D eigenvalue weighted by atomic mass is 10.1. The topological polar surface area (TPSA) is 161 Å². The molecule has 138 valence electrons. The first-order chi connectivity index (χ1) is 12.2. The molecule has 1 heterocycles. The third-order valence-corrected chi connectivity index (χ3v) is 3.32. The van der Waals surface area contributed by atoms with E-state index in [1.54, 1.807) is 14.2 Å². The molecule has 0 aliphatic rings. The van der Waals surface area contributed by atoms with Crippen LogP contribution in [0.2, 0.25) is 0 Å². The highest BCUT2D eigenvalue weighted by atomic mass is 16.4. The minimum atomic E-state index is -1.04. The maximum absolute atomic E-state index is 12.2. The molecule has 0 saturated carbocycles. The number of hydrogen-bond donors (Lipinski definition) is 6. The molecular formula is C17H16O9. The Labute approximate surface area is 146 Å². The van der Waals surface area contributed by atoms with Gasteiger partial charge in [-0.2, -0.15) is 0 Å². The van der Waals surface area contributed by atoms with Crippen LogP contribution in [-0.2, 0) is 4.74 Å². The maximum Gasteiger partial charge on any atom is 0.238 e. The number of phenols is 5. The molecule has 9 heteroatoms. The number of phenolic OH excluding ortho intramolecular Hbond substituents is 5. The van der Waals surface area contributed by atoms with E-state index in [9.17, 15) is 35.4 Å². The summed E-state index contributed by atoms with van der Waals surface area (Å²) in [5, 5.41) is 56.9. The molecule has 0 fully saturated rings. The van der Waals surface area contributed by atoms with Gasteiger partial charge >= 0.3 is 0 Å². The highest BCUT2D eigenvalue weighted by Gasteiger charge is 2.22. The molecule has 3 rings (SSSR count). The van der Waals surface area contributed by atoms with E-state index in [0.717, 1.165) is 18.2 Å². The average molecular weight is 364 g/mol. The first-order valence-corrected chi connectivity index (χ1v) is 7.09. The Morgan fingerprint density at radius 2 is 1.42 bits per heavy atom. The van der Waals surface area contributed by atoms with Crippen LogP contribution in [0.15, 0.2) is 33.5 Å². The van der Waals surface area contributed by atoms with Crippen molar-refractivity contribution >= 4 is 11.0 Å². The number of ether oxygens (including phenoxy) is 1. The van der Waals surface area contributed by atoms with Crippen molar-refractivity contribution in [1.82, 2.24) is 0 Å². The van der Waals surface area contributed by atoms with E-state index in [-0.39, 0.29) is 16.9 Å². The van der Waals surface area contributed by atoms with Crippen molar-refractivity contribution in [3.63, 3.8) is 0 Å². The molecule has 1 aromatic heterocycles. The minimum Gasteiger partial charge on any atom is -0.504 e. The second-order valence-electron chi connectivity index (χ2n) is 5.19. The summed E-state index contributed by atoms with van der Waals surface area (Å²) in [6, 6.07) is 4.35. The molecule has 0 saturated heterocycles. The summed E-state index contributed by atoms with van der Waals surface area (Å²) in [6.07, 6.45) is 0. The van der Waals surface area contributed by atoms with E-state index in [0.29, 0.717) is 0 Å². The lowest BCUT2D eigenvalue weighted by molar-refractivity contribution is 0.277. The molecule has 0 aliphatic carbocycles. The van der Waals surface area contributed by atoms with Gasteiger partial charge in [0.1, 0.15) is 11.0 Å². The Balaban J connectivity index is 0.000000758. The maximum atomic E-state index is 12.2. The zero-order chi connectivity index (χ0) is 19.6. The standard InChI is InChI=1S/C15H10O8.C2H6O/c16-6-2-1-5(3-7(6)17)15-14(22)13(21)10-9(23-15)4-8(18)11(19)12(10)20;1-3-2/h1-4,16-20,22H;1-2H3. The van der Waals surface area contributed by atoms with Gasteiger partial charge in [0.2, 0.25) is 16.9 Å². The molecule has 0 unspecified atom stereocenters. The van der Waals surface area contributed by atoms with Gasteiger partial charge in [-0.15, -0.1) is 0 Å². The van der Waals surface area contributed by atoms with Crippen LogP contribution in [0.25, 0.3) is 22.3 Å². The number of aromatic hydroxyl groups is 6. The van der Waals surface area contributed by atoms with Crippen molar-refractivity contribution in [2.75, 3.05) is 14.2 Å². The fourth-order valence-corrected chi connectivity index (χ4v) is 2.16. The Bertz CT molecular complexity index is 1020. The van der Waals surface area contributed by atoms with Gasteiger partial charge in [-0.3, -0.25) is 4.79 Å². The van der Waals surface area contributed by atoms with Gasteiger partial charge in [0.15, 0.2) is 28.8 Å². The van der Waals surface area contributed by atoms with Crippen LogP contribution in [0, 0.1) is 0 Å². The minimum absolute atomic E-state index is 0.0730. The van der Waals surface area contributed by atoms with Crippen LogP contribution < -0.4 is 5.43 Å². The molecule has 2 aromatic carbocycles. The quantitative estimate of drug-likeness (QED) is 0.354. The molecule has 3 aromatic rings. The van der Waals surface area contributed by atoms with Crippen molar-refractivity contribution < 1.29 is 39.8 Å². The van der Waals surface area contributed by atoms with Crippen LogP contribution >= 0.6 is 0 Å². The zero-order valence-corrected chi connectivity index (χ0v) is 13.7. The van der Waals surface area contributed by atoms with Gasteiger partial charge in [0.05, 0.1) is 0 Å². The van der Waals surface area contributed by atoms with Crippen molar-refractivity contribution in [2.24, 2.45) is 0 Å². The normalized spacial score (nSPS) is 10.4. The van der Waals surface area contributed by atoms with Gasteiger partial charge in [-0.1, -0.05) is 0 Å². The Hall–Kier alpha value is -3.59. The zero-order valence-electron chi connectivity index (χ0n) is 13.7. The monoisotopic (exact) mass is 364 g/mol. The molecule has 0 spiro atoms. The molecule has 0 aliphatic heterocycles. The summed E-state index contributed by atoms with van der Waals surface area (Å²) in [5.74, 6) is -4.69. The Kier molecular flexibility index (Phi) is 5.13. The third kappa shape index (κ3) is 3.15. The van der Waals surface area contributed by atoms with E-state index in [1.807, 2.05) is 0 Å². The second kappa shape index (κ2) is 7.11. The first kappa shape index (κ1) is 18.7. The third-order valence-electron chi connectivity index (χ3n) is 3.32. The largest absolute Gasteiger partial charge is 0.504 e. The molecule has 0 atom stereocenters. The van der Waals surface area contributed by atoms with Crippen molar-refractivity contribution in [2.45, 2.75) is 0 Å². The fourth-order valence-electron chi connectivity index (χ4n) is 2.16. The van der Waals surface area contributed by atoms with Crippen molar-refractivity contribution in [3.8, 4) is 45.8 Å². The summed E-state index contributed by atoms with van der Waals surface area (Å²) in [7, 11) is 3.25. The van der Waals surface area contributed by atoms with Crippen LogP contribution in [0.4, 0.5) is 0 Å². The van der Waals surface area contributed by atoms with E-state index in [2.05, 4.69) is 4.74 Å². The summed E-state index contributed by atoms with van der Waals surface area (Å²) in [5.41, 5.74) is -1.26. The van der Waals surface area contributed by atoms with Gasteiger partial charge in [-0.25, -0.2) is 0 Å². The molecular weight excluding hydrogens is 348 g/mol. The van der Waals surface area contributed by atoms with E-state index < -0.39 is 45.3 Å². The molecule has 26 heavy (non-hydrogen) atoms. The summed E-state index contributed by atoms with van der Waals surface area (Å²) >= 11 is 0. The average Bonchev–Trinajstić information content (AvgIpc) is 2.59. The van der Waals surface area contributed by atoms with Crippen molar-refractivity contribution in [1.29, 1.82) is 0 Å². The number of rotatable bonds is 1. The molecule has 9 nitrogen and oxygen atoms in total. The summed E-state index contributed by atoms with van der Waals surface area (Å²) in [6.45, 7) is 0. The van der Waals surface area contributed by atoms with Gasteiger partial charge in [0.25, 0.3) is 0 Å². The lowest BCUT2D eigenvalue weighted by Crippen LogP contribution is -2.03. The Morgan fingerprint density at radius 3 is 2.00 bits per heavy atom. The highest BCUT2D eigenvalue weighted by molar-refractivity contribution is 5.91. The van der Waals surface area contributed by atoms with Gasteiger partial charge in [-0.05, 0) is 18.2 Å². The summed E-state index contributed by atoms with van der Waals surface area (Å²) in [4.78, 5) is 12.2. The van der Waals surface area contributed by atoms with E-state index >= 15 is 0 Å². The Morgan fingerprint density at radius 1 is 0.808 bits per heavy atom. The van der Waals surface area contributed by atoms with Crippen LogP contribution in [-0.4, -0.2) is 44.9 Å². The number of hydrogen-bond acceptors (Lipinski definition) is 9. The van der Waals surface area contributed by atoms with Crippen LogP contribution in [0.1, 0.15) is 0 Å². The smallest absolute Gasteiger partial charge is 0.238 e. The number of methoxy groups -OCH3 is 1. The van der Waals surface area contributed by atoms with E-state index in [1.165, 1.54) is 6.07 Å². The van der Waals surface area contributed by atoms with E-state index in [4.69, 9.17) is 4.42 Å². The highest BCUT2D eigenvalue weighted by Crippen LogP contribution is 2.42. The molecule has 0 amide bonds. The van der Waals surface area contributed by atoms with Gasteiger partial charge in [0, 0.05) is 25.8 Å².